The minimum atomic E-state index is 0.338. The number of aliphatic hydroxyl groups is 1. The summed E-state index contributed by atoms with van der Waals surface area (Å²) in [5.74, 6) is 0. The van der Waals surface area contributed by atoms with Crippen molar-refractivity contribution in [1.29, 1.82) is 0 Å². The van der Waals surface area contributed by atoms with Gasteiger partial charge in [-0.25, -0.2) is 0 Å². The van der Waals surface area contributed by atoms with Crippen molar-refractivity contribution in [2.24, 2.45) is 0 Å². The van der Waals surface area contributed by atoms with Crippen LogP contribution in [0.5, 0.6) is 0 Å². The van der Waals surface area contributed by atoms with Crippen LogP contribution < -0.4 is 0 Å². The first kappa shape index (κ1) is 7.03. The fraction of sp³-hybridized carbons (Fsp3) is 0.857. The first-order valence-electron chi connectivity index (χ1n) is 3.44. The van der Waals surface area contributed by atoms with E-state index in [4.69, 9.17) is 5.11 Å². The Morgan fingerprint density at radius 2 is 2.33 bits per heavy atom. The minimum absolute atomic E-state index is 0.338. The summed E-state index contributed by atoms with van der Waals surface area (Å²) in [6.45, 7) is 2.91. The SMILES string of the molecule is C[C](O)C1CCCN1C. The maximum Gasteiger partial charge on any atom is 0.107 e. The Kier molecular flexibility index (Phi) is 2.09. The molecule has 0 aromatic rings. The molecule has 0 amide bonds. The molecule has 1 heterocycles. The third-order valence-electron chi connectivity index (χ3n) is 2.00. The third kappa shape index (κ3) is 1.43. The molecule has 1 saturated heterocycles. The Balaban J connectivity index is 2.40. The summed E-state index contributed by atoms with van der Waals surface area (Å²) in [4.78, 5) is 2.19. The molecule has 1 aliphatic rings. The van der Waals surface area contributed by atoms with E-state index in [-0.39, 0.29) is 0 Å². The Morgan fingerprint density at radius 3 is 2.56 bits per heavy atom. The van der Waals surface area contributed by atoms with Crippen LogP contribution in [0.1, 0.15) is 19.8 Å². The van der Waals surface area contributed by atoms with Gasteiger partial charge in [-0.05, 0) is 33.4 Å². The van der Waals surface area contributed by atoms with Gasteiger partial charge >= 0.3 is 0 Å². The number of likely N-dealkylation sites (tertiary alicyclic amines) is 1. The van der Waals surface area contributed by atoms with Crippen molar-refractivity contribution in [3.8, 4) is 0 Å². The highest BCUT2D eigenvalue weighted by atomic mass is 16.3. The van der Waals surface area contributed by atoms with Crippen LogP contribution in [0.3, 0.4) is 0 Å². The molecule has 1 fully saturated rings. The summed E-state index contributed by atoms with van der Waals surface area (Å²) >= 11 is 0. The van der Waals surface area contributed by atoms with Gasteiger partial charge in [0.25, 0.3) is 0 Å². The molecule has 1 rings (SSSR count). The molecule has 1 N–H and O–H groups in total. The van der Waals surface area contributed by atoms with E-state index in [2.05, 4.69) is 11.9 Å². The fourth-order valence-corrected chi connectivity index (χ4v) is 1.44. The number of nitrogens with zero attached hydrogens (tertiary/aromatic N) is 1. The molecular formula is C7H14NO. The van der Waals surface area contributed by atoms with Crippen LogP contribution in [0.15, 0.2) is 0 Å². The Morgan fingerprint density at radius 1 is 1.67 bits per heavy atom. The van der Waals surface area contributed by atoms with E-state index >= 15 is 0 Å². The van der Waals surface area contributed by atoms with Gasteiger partial charge in [0.05, 0.1) is 0 Å². The molecule has 0 bridgehead atoms. The first-order chi connectivity index (χ1) is 4.22. The number of hydrogen-bond acceptors (Lipinski definition) is 2. The monoisotopic (exact) mass is 128 g/mol. The number of rotatable bonds is 1. The normalized spacial score (nSPS) is 30.0. The van der Waals surface area contributed by atoms with Crippen molar-refractivity contribution in [2.45, 2.75) is 25.8 Å². The molecule has 0 aromatic carbocycles. The van der Waals surface area contributed by atoms with Crippen molar-refractivity contribution >= 4 is 0 Å². The van der Waals surface area contributed by atoms with Crippen LogP contribution >= 0.6 is 0 Å². The zero-order valence-electron chi connectivity index (χ0n) is 6.09. The Labute approximate surface area is 56.5 Å². The highest BCUT2D eigenvalue weighted by Gasteiger charge is 2.25. The molecule has 0 aliphatic carbocycles. The molecule has 2 heteroatoms. The summed E-state index contributed by atoms with van der Waals surface area (Å²) in [5, 5.41) is 9.10. The molecule has 2 nitrogen and oxygen atoms in total. The van der Waals surface area contributed by atoms with Gasteiger partial charge < -0.3 is 10.0 Å². The average Bonchev–Trinajstić information content (AvgIpc) is 2.13. The third-order valence-corrected chi connectivity index (χ3v) is 2.00. The van der Waals surface area contributed by atoms with Crippen molar-refractivity contribution in [1.82, 2.24) is 4.90 Å². The number of aliphatic hydroxyl groups excluding tert-OH is 1. The van der Waals surface area contributed by atoms with Crippen molar-refractivity contribution < 1.29 is 5.11 Å². The van der Waals surface area contributed by atoms with E-state index in [9.17, 15) is 0 Å². The summed E-state index contributed by atoms with van der Waals surface area (Å²) < 4.78 is 0. The van der Waals surface area contributed by atoms with Crippen LogP contribution in [0, 0.1) is 6.10 Å². The van der Waals surface area contributed by atoms with E-state index in [0.717, 1.165) is 13.0 Å². The van der Waals surface area contributed by atoms with Gasteiger partial charge in [-0.2, -0.15) is 0 Å². The quantitative estimate of drug-likeness (QED) is 0.569. The summed E-state index contributed by atoms with van der Waals surface area (Å²) in [5.41, 5.74) is 0. The fourth-order valence-electron chi connectivity index (χ4n) is 1.44. The highest BCUT2D eigenvalue weighted by molar-refractivity contribution is 4.91. The molecule has 0 saturated carbocycles. The lowest BCUT2D eigenvalue weighted by atomic mass is 10.1. The molecule has 53 valence electrons. The largest absolute Gasteiger partial charge is 0.385 e. The van der Waals surface area contributed by atoms with Crippen LogP contribution in [0.25, 0.3) is 0 Å². The van der Waals surface area contributed by atoms with Gasteiger partial charge in [-0.3, -0.25) is 0 Å². The predicted octanol–water partition coefficient (Wildman–Crippen LogP) is 1.00. The van der Waals surface area contributed by atoms with Gasteiger partial charge in [0.1, 0.15) is 6.10 Å². The second kappa shape index (κ2) is 2.67. The topological polar surface area (TPSA) is 23.5 Å². The van der Waals surface area contributed by atoms with E-state index in [0.29, 0.717) is 12.1 Å². The zero-order chi connectivity index (χ0) is 6.85. The van der Waals surface area contributed by atoms with Crippen molar-refractivity contribution in [3.63, 3.8) is 0 Å². The van der Waals surface area contributed by atoms with Crippen LogP contribution in [-0.4, -0.2) is 29.6 Å². The van der Waals surface area contributed by atoms with E-state index < -0.39 is 0 Å². The lowest BCUT2D eigenvalue weighted by molar-refractivity contribution is 0.191. The molecule has 1 radical (unpaired) electrons. The minimum Gasteiger partial charge on any atom is -0.385 e. The molecule has 1 atom stereocenters. The van der Waals surface area contributed by atoms with Crippen LogP contribution in [0.2, 0.25) is 0 Å². The highest BCUT2D eigenvalue weighted by Crippen LogP contribution is 2.20. The zero-order valence-corrected chi connectivity index (χ0v) is 6.09. The maximum atomic E-state index is 9.10. The molecule has 1 aliphatic heterocycles. The van der Waals surface area contributed by atoms with Gasteiger partial charge in [0.15, 0.2) is 0 Å². The molecule has 0 aromatic heterocycles. The second-order valence-electron chi connectivity index (χ2n) is 2.78. The van der Waals surface area contributed by atoms with Crippen LogP contribution in [0.4, 0.5) is 0 Å². The lowest BCUT2D eigenvalue weighted by Crippen LogP contribution is -2.29. The average molecular weight is 128 g/mol. The van der Waals surface area contributed by atoms with Gasteiger partial charge in [-0.15, -0.1) is 0 Å². The van der Waals surface area contributed by atoms with E-state index in [1.807, 2.05) is 0 Å². The van der Waals surface area contributed by atoms with Crippen molar-refractivity contribution in [3.05, 3.63) is 6.10 Å². The van der Waals surface area contributed by atoms with E-state index in [1.165, 1.54) is 6.42 Å². The molecule has 1 unspecified atom stereocenters. The Bertz CT molecular complexity index is 92.9. The van der Waals surface area contributed by atoms with Gasteiger partial charge in [-0.1, -0.05) is 0 Å². The standard InChI is InChI=1S/C7H14NO/c1-6(9)7-4-3-5-8(7)2/h7,9H,3-5H2,1-2H3. The number of hydrogen-bond donors (Lipinski definition) is 1. The van der Waals surface area contributed by atoms with Gasteiger partial charge in [0.2, 0.25) is 0 Å². The van der Waals surface area contributed by atoms with Gasteiger partial charge in [0, 0.05) is 6.04 Å². The molecular weight excluding hydrogens is 114 g/mol. The van der Waals surface area contributed by atoms with Crippen LogP contribution in [-0.2, 0) is 0 Å². The van der Waals surface area contributed by atoms with Crippen molar-refractivity contribution in [2.75, 3.05) is 13.6 Å². The summed E-state index contributed by atoms with van der Waals surface area (Å²) in [6, 6.07) is 0.338. The summed E-state index contributed by atoms with van der Waals surface area (Å²) in [7, 11) is 2.05. The second-order valence-corrected chi connectivity index (χ2v) is 2.78. The molecule has 0 spiro atoms. The van der Waals surface area contributed by atoms with E-state index in [1.54, 1.807) is 6.92 Å². The first-order valence-corrected chi connectivity index (χ1v) is 3.44. The summed E-state index contributed by atoms with van der Waals surface area (Å²) in [6.07, 6.45) is 2.91. The smallest absolute Gasteiger partial charge is 0.107 e. The number of likely N-dealkylation sites (N-methyl/N-ethyl adjacent to an activating group) is 1. The maximum absolute atomic E-state index is 9.10. The lowest BCUT2D eigenvalue weighted by Gasteiger charge is -2.20. The predicted molar refractivity (Wildman–Crippen MR) is 36.5 cm³/mol. The molecule has 9 heavy (non-hydrogen) atoms. The Hall–Kier alpha value is -0.0800.